The third-order valence-electron chi connectivity index (χ3n) is 11.3. The second-order valence-corrected chi connectivity index (χ2v) is 17.5. The van der Waals surface area contributed by atoms with Gasteiger partial charge in [-0.3, -0.25) is 28.2 Å². The van der Waals surface area contributed by atoms with Crippen LogP contribution in [0.4, 0.5) is 23.0 Å². The van der Waals surface area contributed by atoms with Crippen LogP contribution in [-0.2, 0) is 0 Å². The Hall–Kier alpha value is -8.78. The highest BCUT2D eigenvalue weighted by molar-refractivity contribution is 6.06. The monoisotopic (exact) mass is 913 g/mol. The van der Waals surface area contributed by atoms with Gasteiger partial charge in [0.25, 0.3) is 11.8 Å². The van der Waals surface area contributed by atoms with Crippen LogP contribution >= 0.6 is 0 Å². The van der Waals surface area contributed by atoms with Crippen LogP contribution in [0.1, 0.15) is 65.7 Å². The number of amides is 2. The summed E-state index contributed by atoms with van der Waals surface area (Å²) in [5.74, 6) is 2.02. The maximum atomic E-state index is 13.1. The van der Waals surface area contributed by atoms with E-state index in [9.17, 15) is 14.4 Å². The molecule has 5 aromatic carbocycles. The SMILES string of the molecule is CC(=O)c1ccc(-c2cnc3c(NCC(C)C)nc4ccccc4n23)cc1.CC(C)CNc1nc2ccccc2n2c(-c3ccc(C(=O)Nc4cccc(NC(=O)c5cccnc5)c4)cc3)cnc12. The maximum absolute atomic E-state index is 13.1. The van der Waals surface area contributed by atoms with Gasteiger partial charge in [-0.25, -0.2) is 19.9 Å². The van der Waals surface area contributed by atoms with Gasteiger partial charge < -0.3 is 21.3 Å². The summed E-state index contributed by atoms with van der Waals surface area (Å²) in [5.41, 5.74) is 11.9. The van der Waals surface area contributed by atoms with Gasteiger partial charge in [0.1, 0.15) is 0 Å². The normalized spacial score (nSPS) is 11.2. The van der Waals surface area contributed by atoms with Gasteiger partial charge >= 0.3 is 0 Å². The van der Waals surface area contributed by atoms with Gasteiger partial charge in [-0.2, -0.15) is 0 Å². The first-order valence-corrected chi connectivity index (χ1v) is 22.9. The number of hydrogen-bond donors (Lipinski definition) is 4. The van der Waals surface area contributed by atoms with Crippen LogP contribution in [0.15, 0.2) is 158 Å². The Bertz CT molecular complexity index is 3470. The number of Topliss-reactive ketones (excluding diaryl/α,β-unsaturated/α-hetero) is 1. The lowest BCUT2D eigenvalue weighted by molar-refractivity contribution is 0.101. The van der Waals surface area contributed by atoms with Crippen LogP contribution in [-0.4, -0.2) is 64.4 Å². The molecule has 0 aliphatic heterocycles. The molecule has 0 aliphatic rings. The van der Waals surface area contributed by atoms with Crippen LogP contribution in [0.5, 0.6) is 0 Å². The molecule has 14 heteroatoms. The number of aromatic nitrogens is 7. The zero-order valence-corrected chi connectivity index (χ0v) is 38.9. The number of benzene rings is 5. The largest absolute Gasteiger partial charge is 0.367 e. The van der Waals surface area contributed by atoms with Gasteiger partial charge in [-0.1, -0.05) is 94.4 Å². The summed E-state index contributed by atoms with van der Waals surface area (Å²) in [4.78, 5) is 60.1. The zero-order valence-electron chi connectivity index (χ0n) is 38.9. The lowest BCUT2D eigenvalue weighted by Gasteiger charge is -2.13. The van der Waals surface area contributed by atoms with Crippen molar-refractivity contribution in [3.05, 3.63) is 175 Å². The number of carbonyl (C=O) groups excluding carboxylic acids is 3. The molecule has 69 heavy (non-hydrogen) atoms. The molecule has 0 radical (unpaired) electrons. The lowest BCUT2D eigenvalue weighted by atomic mass is 10.1. The summed E-state index contributed by atoms with van der Waals surface area (Å²) in [6, 6.07) is 41.5. The van der Waals surface area contributed by atoms with Crippen LogP contribution in [0.3, 0.4) is 0 Å². The first-order chi connectivity index (χ1) is 33.5. The fourth-order valence-corrected chi connectivity index (χ4v) is 7.85. The molecule has 0 saturated heterocycles. The van der Waals surface area contributed by atoms with Gasteiger partial charge in [-0.05, 0) is 85.5 Å². The smallest absolute Gasteiger partial charge is 0.257 e. The molecule has 0 aliphatic carbocycles. The van der Waals surface area contributed by atoms with Crippen LogP contribution < -0.4 is 21.3 Å². The number of anilines is 4. The minimum absolute atomic E-state index is 0.0644. The number of hydrogen-bond acceptors (Lipinski definition) is 10. The van der Waals surface area contributed by atoms with Crippen molar-refractivity contribution in [3.63, 3.8) is 0 Å². The molecule has 14 nitrogen and oxygen atoms in total. The number of fused-ring (bicyclic) bond motifs is 6. The molecule has 0 bridgehead atoms. The first-order valence-electron chi connectivity index (χ1n) is 22.9. The summed E-state index contributed by atoms with van der Waals surface area (Å²) in [6.45, 7) is 11.8. The molecular weight excluding hydrogens is 863 g/mol. The summed E-state index contributed by atoms with van der Waals surface area (Å²) >= 11 is 0. The van der Waals surface area contributed by atoms with Gasteiger partial charge in [0.2, 0.25) is 0 Å². The first kappa shape index (κ1) is 45.4. The van der Waals surface area contributed by atoms with Crippen molar-refractivity contribution in [1.29, 1.82) is 0 Å². The van der Waals surface area contributed by atoms with E-state index in [1.54, 1.807) is 61.7 Å². The maximum Gasteiger partial charge on any atom is 0.257 e. The topological polar surface area (TPSA) is 173 Å². The van der Waals surface area contributed by atoms with Crippen LogP contribution in [0.25, 0.3) is 55.9 Å². The van der Waals surface area contributed by atoms with Crippen LogP contribution in [0.2, 0.25) is 0 Å². The number of carbonyl (C=O) groups is 3. The number of pyridine rings is 1. The molecule has 10 rings (SSSR count). The standard InChI is InChI=1S/C33H29N7O2.C22H22N4O/c1-21(2)18-35-30-31-36-20-29(40(31)28-11-4-3-10-27(28)39-30)22-12-14-23(15-13-22)32(41)37-25-8-5-9-26(17-25)38-33(42)24-7-6-16-34-19-24;1-14(2)12-23-21-22-24-13-20(17-10-8-16(9-11-17)15(3)27)26(22)19-7-5-4-6-18(19)25-21/h3-17,19-21H,18H2,1-2H3,(H,35,39)(H,37,41)(H,38,42);4-11,13-14H,12H2,1-3H3,(H,23,25). The molecule has 0 atom stereocenters. The van der Waals surface area contributed by atoms with Crippen molar-refractivity contribution in [1.82, 2.24) is 33.7 Å². The Morgan fingerprint density at radius 3 is 1.46 bits per heavy atom. The van der Waals surface area contributed by atoms with Crippen molar-refractivity contribution in [2.45, 2.75) is 34.6 Å². The van der Waals surface area contributed by atoms with E-state index in [0.29, 0.717) is 39.9 Å². The highest BCUT2D eigenvalue weighted by Crippen LogP contribution is 2.31. The molecular formula is C55H51N11O3. The minimum atomic E-state index is -0.277. The van der Waals surface area contributed by atoms with E-state index < -0.39 is 0 Å². The highest BCUT2D eigenvalue weighted by atomic mass is 16.2. The highest BCUT2D eigenvalue weighted by Gasteiger charge is 2.18. The van der Waals surface area contributed by atoms with E-state index in [-0.39, 0.29) is 17.6 Å². The molecule has 344 valence electrons. The third-order valence-corrected chi connectivity index (χ3v) is 11.3. The Morgan fingerprint density at radius 2 is 1.00 bits per heavy atom. The van der Waals surface area contributed by atoms with E-state index in [0.717, 1.165) is 80.6 Å². The van der Waals surface area contributed by atoms with Crippen molar-refractivity contribution in [3.8, 4) is 22.5 Å². The Balaban J connectivity index is 0.000000189. The van der Waals surface area contributed by atoms with Gasteiger partial charge in [0, 0.05) is 59.1 Å². The van der Waals surface area contributed by atoms with Crippen LogP contribution in [0, 0.1) is 11.8 Å². The molecule has 5 heterocycles. The minimum Gasteiger partial charge on any atom is -0.367 e. The zero-order chi connectivity index (χ0) is 48.0. The molecule has 0 fully saturated rings. The van der Waals surface area contributed by atoms with Crippen molar-refractivity contribution in [2.24, 2.45) is 11.8 Å². The molecule has 0 saturated carbocycles. The van der Waals surface area contributed by atoms with E-state index in [1.165, 1.54) is 6.20 Å². The van der Waals surface area contributed by atoms with Crippen molar-refractivity contribution in [2.75, 3.05) is 34.4 Å². The second kappa shape index (κ2) is 20.0. The summed E-state index contributed by atoms with van der Waals surface area (Å²) in [7, 11) is 0. The number of ketones is 1. The van der Waals surface area contributed by atoms with E-state index in [1.807, 2.05) is 91.3 Å². The predicted octanol–water partition coefficient (Wildman–Crippen LogP) is 11.3. The van der Waals surface area contributed by atoms with Crippen molar-refractivity contribution < 1.29 is 14.4 Å². The lowest BCUT2D eigenvalue weighted by Crippen LogP contribution is -2.14. The Kier molecular flexibility index (Phi) is 13.1. The summed E-state index contributed by atoms with van der Waals surface area (Å²) in [5, 5.41) is 12.6. The molecule has 2 amide bonds. The second-order valence-electron chi connectivity index (χ2n) is 17.5. The predicted molar refractivity (Wildman–Crippen MR) is 275 cm³/mol. The third kappa shape index (κ3) is 10.0. The number of nitrogens with zero attached hydrogens (tertiary/aromatic N) is 7. The van der Waals surface area contributed by atoms with Gasteiger partial charge in [0.05, 0.1) is 51.4 Å². The molecule has 10 aromatic rings. The summed E-state index contributed by atoms with van der Waals surface area (Å²) < 4.78 is 4.24. The Morgan fingerprint density at radius 1 is 0.522 bits per heavy atom. The van der Waals surface area contributed by atoms with E-state index in [4.69, 9.17) is 15.0 Å². The average Bonchev–Trinajstić information content (AvgIpc) is 4.03. The fraction of sp³-hybridized carbons (Fsp3) is 0.164. The van der Waals surface area contributed by atoms with E-state index in [2.05, 4.69) is 73.8 Å². The molecule has 0 spiro atoms. The van der Waals surface area contributed by atoms with Gasteiger partial charge in [-0.15, -0.1) is 0 Å². The van der Waals surface area contributed by atoms with Crippen molar-refractivity contribution >= 4 is 74.0 Å². The summed E-state index contributed by atoms with van der Waals surface area (Å²) in [6.07, 6.45) is 6.82. The quantitative estimate of drug-likeness (QED) is 0.0816. The fourth-order valence-electron chi connectivity index (χ4n) is 7.85. The molecule has 5 aromatic heterocycles. The molecule has 0 unspecified atom stereocenters. The molecule has 4 N–H and O–H groups in total. The van der Waals surface area contributed by atoms with Gasteiger partial charge in [0.15, 0.2) is 28.7 Å². The average molecular weight is 914 g/mol. The van der Waals surface area contributed by atoms with E-state index >= 15 is 0 Å². The number of imidazole rings is 2. The number of para-hydroxylation sites is 4. The Labute approximate surface area is 398 Å². The number of nitrogens with one attached hydrogen (secondary N) is 4. The number of rotatable bonds is 13.